The van der Waals surface area contributed by atoms with Crippen LogP contribution in [0, 0.1) is 0 Å². The van der Waals surface area contributed by atoms with Gasteiger partial charge in [-0.2, -0.15) is 0 Å². The van der Waals surface area contributed by atoms with Gasteiger partial charge in [0.2, 0.25) is 11.3 Å². The lowest BCUT2D eigenvalue weighted by atomic mass is 9.87. The summed E-state index contributed by atoms with van der Waals surface area (Å²) in [6, 6.07) is 8.89. The van der Waals surface area contributed by atoms with E-state index in [0.29, 0.717) is 5.56 Å². The molecule has 0 bridgehead atoms. The molecule has 6 nitrogen and oxygen atoms in total. The maximum atomic E-state index is 12.5. The van der Waals surface area contributed by atoms with Crippen molar-refractivity contribution in [3.63, 3.8) is 0 Å². The fourth-order valence-electron chi connectivity index (χ4n) is 2.64. The van der Waals surface area contributed by atoms with Gasteiger partial charge in [0.1, 0.15) is 6.61 Å². The Morgan fingerprint density at radius 3 is 2.76 bits per heavy atom. The number of rotatable bonds is 2. The first-order valence-electron chi connectivity index (χ1n) is 6.61. The Kier molecular flexibility index (Phi) is 3.17. The third-order valence-corrected chi connectivity index (χ3v) is 3.65. The minimum absolute atomic E-state index is 0.00736. The van der Waals surface area contributed by atoms with Crippen LogP contribution >= 0.6 is 0 Å². The van der Waals surface area contributed by atoms with Gasteiger partial charge in [0.15, 0.2) is 0 Å². The number of methoxy groups -OCH3 is 1. The maximum absolute atomic E-state index is 12.5. The first-order chi connectivity index (χ1) is 10.1. The number of morpholine rings is 1. The highest BCUT2D eigenvalue weighted by molar-refractivity contribution is 5.92. The monoisotopic (exact) mass is 289 g/mol. The summed E-state index contributed by atoms with van der Waals surface area (Å²) in [5, 5.41) is 1.50. The van der Waals surface area contributed by atoms with Crippen LogP contribution in [0.1, 0.15) is 12.5 Å². The van der Waals surface area contributed by atoms with Crippen molar-refractivity contribution in [2.75, 3.05) is 13.7 Å². The van der Waals surface area contributed by atoms with Crippen molar-refractivity contribution in [1.82, 2.24) is 5.06 Å². The second-order valence-corrected chi connectivity index (χ2v) is 5.00. The van der Waals surface area contributed by atoms with Crippen molar-refractivity contribution in [3.8, 4) is 0 Å². The Balaban J connectivity index is 2.15. The molecule has 2 aliphatic heterocycles. The molecule has 0 aliphatic carbocycles. The van der Waals surface area contributed by atoms with Crippen LogP contribution in [-0.2, 0) is 29.4 Å². The van der Waals surface area contributed by atoms with Gasteiger partial charge in [0, 0.05) is 6.08 Å². The van der Waals surface area contributed by atoms with Gasteiger partial charge in [0.05, 0.1) is 13.2 Å². The van der Waals surface area contributed by atoms with E-state index in [0.717, 1.165) is 0 Å². The normalized spacial score (nSPS) is 28.2. The summed E-state index contributed by atoms with van der Waals surface area (Å²) in [5.74, 6) is -1.10. The van der Waals surface area contributed by atoms with Gasteiger partial charge in [0.25, 0.3) is 0 Å². The molecule has 2 atom stereocenters. The third-order valence-electron chi connectivity index (χ3n) is 3.65. The Labute approximate surface area is 121 Å². The number of carbonyl (C=O) groups is 2. The van der Waals surface area contributed by atoms with Gasteiger partial charge in [-0.25, -0.2) is 9.59 Å². The lowest BCUT2D eigenvalue weighted by Gasteiger charge is -2.41. The molecule has 0 spiro atoms. The van der Waals surface area contributed by atoms with E-state index in [1.54, 1.807) is 12.1 Å². The number of carbonyl (C=O) groups excluding carboxylic acids is 2. The average Bonchev–Trinajstić information content (AvgIpc) is 2.94. The van der Waals surface area contributed by atoms with Crippen molar-refractivity contribution in [2.45, 2.75) is 18.5 Å². The van der Waals surface area contributed by atoms with E-state index in [1.165, 1.54) is 18.2 Å². The number of ether oxygens (including phenoxy) is 2. The zero-order valence-electron chi connectivity index (χ0n) is 11.7. The number of hydroxylamine groups is 2. The van der Waals surface area contributed by atoms with E-state index >= 15 is 0 Å². The number of benzene rings is 1. The van der Waals surface area contributed by atoms with Gasteiger partial charge in [-0.05, 0) is 12.5 Å². The molecular weight excluding hydrogens is 274 g/mol. The number of hydrogen-bond donors (Lipinski definition) is 0. The molecule has 6 heteroatoms. The molecule has 0 aromatic heterocycles. The lowest BCUT2D eigenvalue weighted by Crippen LogP contribution is -2.57. The van der Waals surface area contributed by atoms with Gasteiger partial charge < -0.3 is 14.3 Å². The summed E-state index contributed by atoms with van der Waals surface area (Å²) in [6.07, 6.45) is 1.46. The largest absolute Gasteiger partial charge is 0.463 e. The second-order valence-electron chi connectivity index (χ2n) is 5.00. The predicted molar refractivity (Wildman–Crippen MR) is 71.6 cm³/mol. The minimum atomic E-state index is -1.25. The molecule has 2 heterocycles. The Morgan fingerprint density at radius 1 is 1.38 bits per heavy atom. The summed E-state index contributed by atoms with van der Waals surface area (Å²) in [4.78, 5) is 29.8. The third kappa shape index (κ3) is 1.91. The number of esters is 2. The molecular formula is C15H15NO5. The number of cyclic esters (lactones) is 1. The summed E-state index contributed by atoms with van der Waals surface area (Å²) in [6.45, 7) is 2.06. The van der Waals surface area contributed by atoms with E-state index in [2.05, 4.69) is 4.74 Å². The highest BCUT2D eigenvalue weighted by Crippen LogP contribution is 2.43. The van der Waals surface area contributed by atoms with Gasteiger partial charge in [-0.1, -0.05) is 30.3 Å². The SMILES string of the molecule is COC(=O)C1=C[C@@]2(c3ccccc3)C(=O)OC[C@H](C)N2O1. The van der Waals surface area contributed by atoms with Crippen LogP contribution in [-0.4, -0.2) is 36.8 Å². The quantitative estimate of drug-likeness (QED) is 0.761. The average molecular weight is 289 g/mol. The van der Waals surface area contributed by atoms with Crippen LogP contribution in [0.2, 0.25) is 0 Å². The molecule has 0 unspecified atom stereocenters. The zero-order valence-corrected chi connectivity index (χ0v) is 11.7. The highest BCUT2D eigenvalue weighted by Gasteiger charge is 2.57. The Bertz CT molecular complexity index is 612. The van der Waals surface area contributed by atoms with Crippen molar-refractivity contribution < 1.29 is 23.9 Å². The van der Waals surface area contributed by atoms with Gasteiger partial charge in [-0.15, -0.1) is 5.06 Å². The molecule has 2 aliphatic rings. The van der Waals surface area contributed by atoms with Gasteiger partial charge >= 0.3 is 11.9 Å². The van der Waals surface area contributed by atoms with E-state index in [4.69, 9.17) is 9.57 Å². The first kappa shape index (κ1) is 13.6. The Morgan fingerprint density at radius 2 is 2.10 bits per heavy atom. The van der Waals surface area contributed by atoms with Crippen LogP contribution < -0.4 is 0 Å². The molecule has 1 aromatic carbocycles. The minimum Gasteiger partial charge on any atom is -0.463 e. The molecule has 3 rings (SSSR count). The van der Waals surface area contributed by atoms with Crippen LogP contribution in [0.4, 0.5) is 0 Å². The zero-order chi connectivity index (χ0) is 15.0. The van der Waals surface area contributed by atoms with E-state index in [-0.39, 0.29) is 18.4 Å². The smallest absolute Gasteiger partial charge is 0.375 e. The summed E-state index contributed by atoms with van der Waals surface area (Å²) in [5.41, 5.74) is -0.567. The molecule has 1 saturated heterocycles. The van der Waals surface area contributed by atoms with Crippen LogP contribution in [0.25, 0.3) is 0 Å². The highest BCUT2D eigenvalue weighted by atomic mass is 16.7. The van der Waals surface area contributed by atoms with Crippen LogP contribution in [0.5, 0.6) is 0 Å². The molecule has 0 N–H and O–H groups in total. The van der Waals surface area contributed by atoms with Gasteiger partial charge in [-0.3, -0.25) is 0 Å². The predicted octanol–water partition coefficient (Wildman–Crippen LogP) is 1.13. The van der Waals surface area contributed by atoms with Crippen molar-refractivity contribution in [1.29, 1.82) is 0 Å². The molecule has 1 fully saturated rings. The molecule has 0 amide bonds. The number of nitrogens with zero attached hydrogens (tertiary/aromatic N) is 1. The van der Waals surface area contributed by atoms with Crippen LogP contribution in [0.15, 0.2) is 42.2 Å². The maximum Gasteiger partial charge on any atom is 0.375 e. The molecule has 0 radical (unpaired) electrons. The van der Waals surface area contributed by atoms with E-state index in [9.17, 15) is 9.59 Å². The standard InChI is InChI=1S/C15H15NO5/c1-10-9-20-14(18)15(11-6-4-3-5-7-11)8-12(13(17)19-2)21-16(10)15/h3-8,10H,9H2,1-2H3/t10-,15+/m0/s1. The summed E-state index contributed by atoms with van der Waals surface area (Å²) < 4.78 is 9.95. The number of fused-ring (bicyclic) bond motifs is 1. The topological polar surface area (TPSA) is 65.1 Å². The molecule has 1 aromatic rings. The fourth-order valence-corrected chi connectivity index (χ4v) is 2.64. The first-order valence-corrected chi connectivity index (χ1v) is 6.61. The lowest BCUT2D eigenvalue weighted by molar-refractivity contribution is -0.233. The van der Waals surface area contributed by atoms with Crippen molar-refractivity contribution in [3.05, 3.63) is 47.7 Å². The van der Waals surface area contributed by atoms with Crippen molar-refractivity contribution >= 4 is 11.9 Å². The van der Waals surface area contributed by atoms with Crippen LogP contribution in [0.3, 0.4) is 0 Å². The number of hydrogen-bond acceptors (Lipinski definition) is 6. The molecule has 21 heavy (non-hydrogen) atoms. The Hall–Kier alpha value is -2.34. The summed E-state index contributed by atoms with van der Waals surface area (Å²) >= 11 is 0. The van der Waals surface area contributed by atoms with E-state index < -0.39 is 17.5 Å². The second kappa shape index (κ2) is 4.89. The van der Waals surface area contributed by atoms with Crippen molar-refractivity contribution in [2.24, 2.45) is 0 Å². The molecule has 0 saturated carbocycles. The fraction of sp³-hybridized carbons (Fsp3) is 0.333. The van der Waals surface area contributed by atoms with E-state index in [1.807, 2.05) is 25.1 Å². The summed E-state index contributed by atoms with van der Waals surface area (Å²) in [7, 11) is 1.26. The molecule has 110 valence electrons.